The number of halogens is 1. The van der Waals surface area contributed by atoms with Crippen LogP contribution >= 0.6 is 11.6 Å². The number of aryl methyl sites for hydroxylation is 1. The number of aromatic nitrogens is 3. The highest BCUT2D eigenvalue weighted by Gasteiger charge is 2.24. The summed E-state index contributed by atoms with van der Waals surface area (Å²) in [6, 6.07) is 19.9. The number of nitrogens with zero attached hydrogens (tertiary/aromatic N) is 5. The lowest BCUT2D eigenvalue weighted by molar-refractivity contribution is 0.0763. The number of carbonyl (C=O) groups excluding carboxylic acids is 1. The number of hydrogen-bond donors (Lipinski definition) is 0. The van der Waals surface area contributed by atoms with E-state index in [2.05, 4.69) is 22.1 Å². The normalized spacial score (nSPS) is 14.9. The summed E-state index contributed by atoms with van der Waals surface area (Å²) in [5.74, 6) is 0.0496. The first-order valence-corrected chi connectivity index (χ1v) is 12.2. The van der Waals surface area contributed by atoms with Gasteiger partial charge in [-0.05, 0) is 37.1 Å². The highest BCUT2D eigenvalue weighted by atomic mass is 35.5. The molecule has 34 heavy (non-hydrogen) atoms. The molecule has 0 bridgehead atoms. The second-order valence-electron chi connectivity index (χ2n) is 8.67. The topological polar surface area (TPSA) is 54.3 Å². The lowest BCUT2D eigenvalue weighted by Crippen LogP contribution is -2.35. The Bertz CT molecular complexity index is 1290. The van der Waals surface area contributed by atoms with Gasteiger partial charge in [-0.15, -0.1) is 0 Å². The zero-order chi connectivity index (χ0) is 23.5. The molecule has 1 aliphatic heterocycles. The first-order chi connectivity index (χ1) is 16.6. The van der Waals surface area contributed by atoms with Gasteiger partial charge in [-0.3, -0.25) is 9.69 Å². The molecule has 0 atom stereocenters. The largest absolute Gasteiger partial charge is 0.337 e. The molecule has 1 fully saturated rings. The third kappa shape index (κ3) is 4.69. The monoisotopic (exact) mass is 473 g/mol. The summed E-state index contributed by atoms with van der Waals surface area (Å²) in [7, 11) is 0. The van der Waals surface area contributed by atoms with Crippen molar-refractivity contribution in [3.05, 3.63) is 83.0 Å². The van der Waals surface area contributed by atoms with Crippen LogP contribution in [-0.2, 0) is 13.1 Å². The number of carbonyl (C=O) groups is 1. The van der Waals surface area contributed by atoms with Gasteiger partial charge >= 0.3 is 0 Å². The lowest BCUT2D eigenvalue weighted by Gasteiger charge is -2.22. The summed E-state index contributed by atoms with van der Waals surface area (Å²) in [6.07, 6.45) is 2.71. The minimum Gasteiger partial charge on any atom is -0.337 e. The van der Waals surface area contributed by atoms with Crippen molar-refractivity contribution >= 4 is 28.5 Å². The first kappa shape index (κ1) is 22.6. The van der Waals surface area contributed by atoms with E-state index in [1.807, 2.05) is 65.0 Å². The van der Waals surface area contributed by atoms with E-state index in [0.717, 1.165) is 59.9 Å². The molecule has 2 aromatic heterocycles. The van der Waals surface area contributed by atoms with Gasteiger partial charge in [0.15, 0.2) is 5.65 Å². The Labute approximate surface area is 204 Å². The standard InChI is InChI=1S/C27H28ClN5O/c1-2-33-26-24(18-29-33)23(17-25(30-26)21-7-4-3-5-8-21)27(34)32-14-6-13-31(15-16-32)19-20-9-11-22(28)12-10-20/h3-5,7-12,17-18H,2,6,13-16,19H2,1H3. The minimum absolute atomic E-state index is 0.0496. The predicted octanol–water partition coefficient (Wildman–Crippen LogP) is 5.12. The van der Waals surface area contributed by atoms with Gasteiger partial charge in [0.25, 0.3) is 5.91 Å². The average molecular weight is 474 g/mol. The molecule has 7 heteroatoms. The number of amides is 1. The van der Waals surface area contributed by atoms with Crippen molar-refractivity contribution in [3.8, 4) is 11.3 Å². The van der Waals surface area contributed by atoms with Gasteiger partial charge in [0, 0.05) is 49.9 Å². The molecule has 1 aliphatic rings. The van der Waals surface area contributed by atoms with Crippen molar-refractivity contribution in [3.63, 3.8) is 0 Å². The van der Waals surface area contributed by atoms with Gasteiger partial charge < -0.3 is 4.90 Å². The molecule has 3 heterocycles. The number of benzene rings is 2. The third-order valence-electron chi connectivity index (χ3n) is 6.40. The number of pyridine rings is 1. The summed E-state index contributed by atoms with van der Waals surface area (Å²) in [4.78, 5) is 23.0. The van der Waals surface area contributed by atoms with E-state index in [1.54, 1.807) is 6.20 Å². The van der Waals surface area contributed by atoms with E-state index in [9.17, 15) is 4.79 Å². The van der Waals surface area contributed by atoms with Crippen LogP contribution in [0.15, 0.2) is 66.9 Å². The fourth-order valence-corrected chi connectivity index (χ4v) is 4.69. The zero-order valence-corrected chi connectivity index (χ0v) is 20.1. The quantitative estimate of drug-likeness (QED) is 0.403. The SMILES string of the molecule is CCn1ncc2c(C(=O)N3CCCN(Cc4ccc(Cl)cc4)CC3)cc(-c3ccccc3)nc21. The van der Waals surface area contributed by atoms with Crippen molar-refractivity contribution in [1.82, 2.24) is 24.6 Å². The maximum Gasteiger partial charge on any atom is 0.254 e. The van der Waals surface area contributed by atoms with Crippen LogP contribution in [0.1, 0.15) is 29.3 Å². The first-order valence-electron chi connectivity index (χ1n) is 11.8. The van der Waals surface area contributed by atoms with E-state index < -0.39 is 0 Å². The lowest BCUT2D eigenvalue weighted by atomic mass is 10.1. The van der Waals surface area contributed by atoms with Crippen molar-refractivity contribution in [2.75, 3.05) is 26.2 Å². The molecule has 0 radical (unpaired) electrons. The van der Waals surface area contributed by atoms with Crippen LogP contribution in [0.25, 0.3) is 22.3 Å². The molecular formula is C27H28ClN5O. The summed E-state index contributed by atoms with van der Waals surface area (Å²) < 4.78 is 1.86. The molecule has 6 nitrogen and oxygen atoms in total. The number of hydrogen-bond acceptors (Lipinski definition) is 4. The van der Waals surface area contributed by atoms with E-state index in [1.165, 1.54) is 5.56 Å². The van der Waals surface area contributed by atoms with Gasteiger partial charge in [-0.25, -0.2) is 9.67 Å². The number of fused-ring (bicyclic) bond motifs is 1. The Morgan fingerprint density at radius 3 is 2.56 bits per heavy atom. The molecule has 1 amide bonds. The van der Waals surface area contributed by atoms with E-state index in [4.69, 9.17) is 16.6 Å². The molecule has 174 valence electrons. The predicted molar refractivity (Wildman–Crippen MR) is 136 cm³/mol. The Morgan fingerprint density at radius 1 is 1.00 bits per heavy atom. The molecule has 1 saturated heterocycles. The zero-order valence-electron chi connectivity index (χ0n) is 19.3. The fraction of sp³-hybridized carbons (Fsp3) is 0.296. The number of rotatable bonds is 5. The fourth-order valence-electron chi connectivity index (χ4n) is 4.56. The molecule has 0 aliphatic carbocycles. The second-order valence-corrected chi connectivity index (χ2v) is 9.10. The van der Waals surface area contributed by atoms with Crippen LogP contribution < -0.4 is 0 Å². The van der Waals surface area contributed by atoms with Crippen LogP contribution in [0.5, 0.6) is 0 Å². The highest BCUT2D eigenvalue weighted by molar-refractivity contribution is 6.30. The van der Waals surface area contributed by atoms with Gasteiger partial charge in [-0.2, -0.15) is 5.10 Å². The summed E-state index contributed by atoms with van der Waals surface area (Å²) >= 11 is 6.03. The van der Waals surface area contributed by atoms with Gasteiger partial charge in [-0.1, -0.05) is 54.1 Å². The van der Waals surface area contributed by atoms with Gasteiger partial charge in [0.05, 0.1) is 22.8 Å². The van der Waals surface area contributed by atoms with E-state index >= 15 is 0 Å². The molecule has 0 spiro atoms. The Kier molecular flexibility index (Phi) is 6.61. The van der Waals surface area contributed by atoms with Gasteiger partial charge in [0.1, 0.15) is 0 Å². The molecule has 0 unspecified atom stereocenters. The van der Waals surface area contributed by atoms with Crippen molar-refractivity contribution < 1.29 is 4.79 Å². The summed E-state index contributed by atoms with van der Waals surface area (Å²) in [5, 5.41) is 6.05. The smallest absolute Gasteiger partial charge is 0.254 e. The van der Waals surface area contributed by atoms with Crippen molar-refractivity contribution in [2.45, 2.75) is 26.4 Å². The molecule has 0 saturated carbocycles. The molecule has 2 aromatic carbocycles. The Hall–Kier alpha value is -3.22. The highest BCUT2D eigenvalue weighted by Crippen LogP contribution is 2.26. The van der Waals surface area contributed by atoms with E-state index in [-0.39, 0.29) is 5.91 Å². The van der Waals surface area contributed by atoms with Crippen LogP contribution in [0.2, 0.25) is 5.02 Å². The Morgan fingerprint density at radius 2 is 1.79 bits per heavy atom. The van der Waals surface area contributed by atoms with Crippen molar-refractivity contribution in [1.29, 1.82) is 0 Å². The van der Waals surface area contributed by atoms with Crippen LogP contribution in [0.3, 0.4) is 0 Å². The molecule has 5 rings (SSSR count). The molecular weight excluding hydrogens is 446 g/mol. The van der Waals surface area contributed by atoms with Crippen LogP contribution in [0, 0.1) is 0 Å². The molecule has 4 aromatic rings. The minimum atomic E-state index is 0.0496. The van der Waals surface area contributed by atoms with Crippen LogP contribution in [-0.4, -0.2) is 56.7 Å². The summed E-state index contributed by atoms with van der Waals surface area (Å²) in [6.45, 7) is 6.82. The van der Waals surface area contributed by atoms with Crippen molar-refractivity contribution in [2.24, 2.45) is 0 Å². The second kappa shape index (κ2) is 9.95. The maximum atomic E-state index is 13.8. The van der Waals surface area contributed by atoms with Gasteiger partial charge in [0.2, 0.25) is 0 Å². The maximum absolute atomic E-state index is 13.8. The van der Waals surface area contributed by atoms with E-state index in [0.29, 0.717) is 18.7 Å². The third-order valence-corrected chi connectivity index (χ3v) is 6.66. The molecule has 0 N–H and O–H groups in total. The average Bonchev–Trinajstić information content (AvgIpc) is 3.15. The van der Waals surface area contributed by atoms with Crippen LogP contribution in [0.4, 0.5) is 0 Å². The Balaban J connectivity index is 1.40. The summed E-state index contributed by atoms with van der Waals surface area (Å²) in [5.41, 5.74) is 4.46.